The zero-order valence-corrected chi connectivity index (χ0v) is 10.2. The Morgan fingerprint density at radius 2 is 2.29 bits per heavy atom. The molecule has 0 aromatic heterocycles. The first kappa shape index (κ1) is 12.0. The number of hydrogen-bond acceptors (Lipinski definition) is 2. The lowest BCUT2D eigenvalue weighted by Crippen LogP contribution is -2.52. The Hall–Kier alpha value is -1.42. The fourth-order valence-corrected chi connectivity index (χ4v) is 2.09. The fourth-order valence-electron chi connectivity index (χ4n) is 2.09. The molecule has 0 bridgehead atoms. The maximum Gasteiger partial charge on any atom is 0.257 e. The predicted octanol–water partition coefficient (Wildman–Crippen LogP) is 1.57. The van der Waals surface area contributed by atoms with E-state index >= 15 is 0 Å². The van der Waals surface area contributed by atoms with E-state index in [1.54, 1.807) is 17.0 Å². The van der Waals surface area contributed by atoms with Crippen molar-refractivity contribution in [3.05, 3.63) is 35.1 Å². The number of amides is 1. The summed E-state index contributed by atoms with van der Waals surface area (Å²) in [5.41, 5.74) is 0.997. The third kappa shape index (κ3) is 2.47. The van der Waals surface area contributed by atoms with Crippen LogP contribution in [0.4, 0.5) is 4.39 Å². The Balaban J connectivity index is 2.24. The number of halogens is 1. The van der Waals surface area contributed by atoms with Crippen molar-refractivity contribution in [3.63, 3.8) is 0 Å². The first-order valence-corrected chi connectivity index (χ1v) is 5.87. The molecule has 3 nitrogen and oxygen atoms in total. The van der Waals surface area contributed by atoms with E-state index in [-0.39, 0.29) is 17.5 Å². The summed E-state index contributed by atoms with van der Waals surface area (Å²) < 4.78 is 13.7. The molecule has 0 radical (unpaired) electrons. The summed E-state index contributed by atoms with van der Waals surface area (Å²) in [5.74, 6) is -0.641. The van der Waals surface area contributed by atoms with Gasteiger partial charge in [0.2, 0.25) is 0 Å². The van der Waals surface area contributed by atoms with Gasteiger partial charge < -0.3 is 10.2 Å². The van der Waals surface area contributed by atoms with Gasteiger partial charge in [0.25, 0.3) is 5.91 Å². The highest BCUT2D eigenvalue weighted by Gasteiger charge is 2.25. The maximum atomic E-state index is 13.7. The van der Waals surface area contributed by atoms with Crippen LogP contribution >= 0.6 is 0 Å². The van der Waals surface area contributed by atoms with E-state index in [2.05, 4.69) is 5.32 Å². The van der Waals surface area contributed by atoms with Crippen LogP contribution in [0, 0.1) is 12.7 Å². The second-order valence-corrected chi connectivity index (χ2v) is 4.53. The van der Waals surface area contributed by atoms with E-state index in [4.69, 9.17) is 0 Å². The van der Waals surface area contributed by atoms with Gasteiger partial charge in [0, 0.05) is 25.7 Å². The van der Waals surface area contributed by atoms with Crippen molar-refractivity contribution in [2.24, 2.45) is 0 Å². The molecule has 4 heteroatoms. The second-order valence-electron chi connectivity index (χ2n) is 4.53. The number of piperazine rings is 1. The molecule has 1 fully saturated rings. The standard InChI is InChI=1S/C13H17FN2O/c1-9-3-4-11(12(14)7-9)13(17)16-6-5-15-8-10(16)2/h3-4,7,10,15H,5-6,8H2,1-2H3. The van der Waals surface area contributed by atoms with Crippen LogP contribution in [0.15, 0.2) is 18.2 Å². The topological polar surface area (TPSA) is 32.3 Å². The maximum absolute atomic E-state index is 13.7. The highest BCUT2D eigenvalue weighted by molar-refractivity contribution is 5.94. The number of hydrogen-bond donors (Lipinski definition) is 1. The van der Waals surface area contributed by atoms with Gasteiger partial charge in [0.05, 0.1) is 5.56 Å². The quantitative estimate of drug-likeness (QED) is 0.802. The molecule has 1 saturated heterocycles. The Labute approximate surface area is 101 Å². The van der Waals surface area contributed by atoms with Crippen LogP contribution < -0.4 is 5.32 Å². The monoisotopic (exact) mass is 236 g/mol. The zero-order valence-electron chi connectivity index (χ0n) is 10.2. The number of nitrogens with one attached hydrogen (secondary N) is 1. The first-order valence-electron chi connectivity index (χ1n) is 5.87. The average molecular weight is 236 g/mol. The molecule has 1 aliphatic rings. The normalized spacial score (nSPS) is 20.4. The molecule has 0 aliphatic carbocycles. The van der Waals surface area contributed by atoms with E-state index < -0.39 is 5.82 Å². The summed E-state index contributed by atoms with van der Waals surface area (Å²) in [5, 5.41) is 3.21. The van der Waals surface area contributed by atoms with Gasteiger partial charge in [-0.15, -0.1) is 0 Å². The summed E-state index contributed by atoms with van der Waals surface area (Å²) in [6.45, 7) is 5.94. The van der Waals surface area contributed by atoms with Gasteiger partial charge in [-0.25, -0.2) is 4.39 Å². The SMILES string of the molecule is Cc1ccc(C(=O)N2CCNCC2C)c(F)c1. The third-order valence-electron chi connectivity index (χ3n) is 3.12. The lowest BCUT2D eigenvalue weighted by molar-refractivity contribution is 0.0651. The van der Waals surface area contributed by atoms with Gasteiger partial charge in [-0.1, -0.05) is 6.07 Å². The average Bonchev–Trinajstić information content (AvgIpc) is 2.29. The van der Waals surface area contributed by atoms with Crippen LogP contribution in [0.3, 0.4) is 0 Å². The largest absolute Gasteiger partial charge is 0.333 e. The molecule has 1 heterocycles. The van der Waals surface area contributed by atoms with Gasteiger partial charge in [-0.2, -0.15) is 0 Å². The number of carbonyl (C=O) groups is 1. The van der Waals surface area contributed by atoms with Crippen molar-refractivity contribution in [3.8, 4) is 0 Å². The molecular formula is C13H17FN2O. The highest BCUT2D eigenvalue weighted by atomic mass is 19.1. The highest BCUT2D eigenvalue weighted by Crippen LogP contribution is 2.15. The molecular weight excluding hydrogens is 219 g/mol. The fraction of sp³-hybridized carbons (Fsp3) is 0.462. The van der Waals surface area contributed by atoms with Gasteiger partial charge in [0.1, 0.15) is 5.82 Å². The number of aryl methyl sites for hydroxylation is 1. The van der Waals surface area contributed by atoms with Crippen LogP contribution in [0.5, 0.6) is 0 Å². The van der Waals surface area contributed by atoms with Crippen molar-refractivity contribution in [2.45, 2.75) is 19.9 Å². The molecule has 1 amide bonds. The molecule has 92 valence electrons. The summed E-state index contributed by atoms with van der Waals surface area (Å²) in [6, 6.07) is 4.85. The number of carbonyl (C=O) groups excluding carboxylic acids is 1. The van der Waals surface area contributed by atoms with E-state index in [1.165, 1.54) is 6.07 Å². The predicted molar refractivity (Wildman–Crippen MR) is 64.5 cm³/mol. The van der Waals surface area contributed by atoms with Crippen LogP contribution in [-0.2, 0) is 0 Å². The van der Waals surface area contributed by atoms with Crippen molar-refractivity contribution in [2.75, 3.05) is 19.6 Å². The molecule has 1 aliphatic heterocycles. The van der Waals surface area contributed by atoms with Crippen molar-refractivity contribution in [1.82, 2.24) is 10.2 Å². The number of nitrogens with zero attached hydrogens (tertiary/aromatic N) is 1. The number of rotatable bonds is 1. The first-order chi connectivity index (χ1) is 8.09. The molecule has 1 atom stereocenters. The molecule has 17 heavy (non-hydrogen) atoms. The zero-order chi connectivity index (χ0) is 12.4. The van der Waals surface area contributed by atoms with Crippen molar-refractivity contribution in [1.29, 1.82) is 0 Å². The minimum Gasteiger partial charge on any atom is -0.333 e. The van der Waals surface area contributed by atoms with Crippen molar-refractivity contribution < 1.29 is 9.18 Å². The van der Waals surface area contributed by atoms with E-state index in [9.17, 15) is 9.18 Å². The van der Waals surface area contributed by atoms with Crippen LogP contribution in [-0.4, -0.2) is 36.5 Å². The smallest absolute Gasteiger partial charge is 0.257 e. The third-order valence-corrected chi connectivity index (χ3v) is 3.12. The van der Waals surface area contributed by atoms with Crippen molar-refractivity contribution >= 4 is 5.91 Å². The number of benzene rings is 1. The van der Waals surface area contributed by atoms with Gasteiger partial charge in [-0.05, 0) is 31.5 Å². The molecule has 1 N–H and O–H groups in total. The molecule has 1 unspecified atom stereocenters. The second kappa shape index (κ2) is 4.84. The Morgan fingerprint density at radius 3 is 2.94 bits per heavy atom. The summed E-state index contributed by atoms with van der Waals surface area (Å²) in [4.78, 5) is 13.9. The molecule has 0 spiro atoms. The van der Waals surface area contributed by atoms with E-state index in [1.807, 2.05) is 13.8 Å². The van der Waals surface area contributed by atoms with Gasteiger partial charge >= 0.3 is 0 Å². The minimum absolute atomic E-state index is 0.108. The summed E-state index contributed by atoms with van der Waals surface area (Å²) in [7, 11) is 0. The minimum atomic E-state index is -0.430. The van der Waals surface area contributed by atoms with Crippen LogP contribution in [0.1, 0.15) is 22.8 Å². The van der Waals surface area contributed by atoms with E-state index in [0.717, 1.165) is 18.7 Å². The van der Waals surface area contributed by atoms with Gasteiger partial charge in [-0.3, -0.25) is 4.79 Å². The lowest BCUT2D eigenvalue weighted by Gasteiger charge is -2.34. The Bertz CT molecular complexity index is 433. The van der Waals surface area contributed by atoms with Crippen LogP contribution in [0.2, 0.25) is 0 Å². The Kier molecular flexibility index (Phi) is 3.43. The molecule has 1 aromatic rings. The lowest BCUT2D eigenvalue weighted by atomic mass is 10.1. The Morgan fingerprint density at radius 1 is 1.53 bits per heavy atom. The molecule has 2 rings (SSSR count). The van der Waals surface area contributed by atoms with Gasteiger partial charge in [0.15, 0.2) is 0 Å². The summed E-state index contributed by atoms with van der Waals surface area (Å²) in [6.07, 6.45) is 0. The molecule has 1 aromatic carbocycles. The molecule has 0 saturated carbocycles. The van der Waals surface area contributed by atoms with Crippen LogP contribution in [0.25, 0.3) is 0 Å². The van der Waals surface area contributed by atoms with E-state index in [0.29, 0.717) is 6.54 Å². The summed E-state index contributed by atoms with van der Waals surface area (Å²) >= 11 is 0.